The van der Waals surface area contributed by atoms with Crippen molar-refractivity contribution in [1.29, 1.82) is 0 Å². The third kappa shape index (κ3) is 7.08. The molecule has 0 saturated heterocycles. The van der Waals surface area contributed by atoms with E-state index in [0.717, 1.165) is 19.3 Å². The largest absolute Gasteiger partial charge is 0.353 e. The van der Waals surface area contributed by atoms with Crippen LogP contribution in [0.5, 0.6) is 0 Å². The molecule has 1 amide bonds. The van der Waals surface area contributed by atoms with Crippen LogP contribution in [0.15, 0.2) is 0 Å². The van der Waals surface area contributed by atoms with E-state index >= 15 is 0 Å². The van der Waals surface area contributed by atoms with Gasteiger partial charge in [-0.1, -0.05) is 33.6 Å². The van der Waals surface area contributed by atoms with E-state index in [9.17, 15) is 9.59 Å². The molecule has 1 atom stereocenters. The number of hydrogen-bond donors (Lipinski definition) is 2. The van der Waals surface area contributed by atoms with E-state index in [1.54, 1.807) is 7.05 Å². The monoisotopic (exact) mass is 216 g/mol. The number of Topliss-reactive ketones (excluding diaryl/α,β-unsaturated/α-hetero) is 1. The Morgan fingerprint density at radius 1 is 1.20 bits per heavy atom. The molecule has 90 valence electrons. The van der Waals surface area contributed by atoms with Crippen LogP contribution in [-0.2, 0) is 9.59 Å². The summed E-state index contributed by atoms with van der Waals surface area (Å²) >= 11 is 0. The molecule has 15 heavy (non-hydrogen) atoms. The number of carbonyl (C=O) groups is 2. The number of nitrogens with one attached hydrogen (secondary N) is 2. The van der Waals surface area contributed by atoms with E-state index in [2.05, 4.69) is 17.6 Å². The predicted octanol–water partition coefficient (Wildman–Crippen LogP) is 1.11. The lowest BCUT2D eigenvalue weighted by Gasteiger charge is -2.12. The first-order valence-electron chi connectivity index (χ1n) is 5.60. The molecule has 0 aliphatic heterocycles. The summed E-state index contributed by atoms with van der Waals surface area (Å²) in [5.41, 5.74) is 0. The van der Waals surface area contributed by atoms with Gasteiger partial charge in [-0.2, -0.15) is 0 Å². The lowest BCUT2D eigenvalue weighted by Crippen LogP contribution is -2.42. The van der Waals surface area contributed by atoms with Crippen LogP contribution >= 0.6 is 0 Å². The van der Waals surface area contributed by atoms with Crippen molar-refractivity contribution >= 4 is 11.7 Å². The van der Waals surface area contributed by atoms with Gasteiger partial charge in [-0.15, -0.1) is 0 Å². The minimum Gasteiger partial charge on any atom is -0.353 e. The van der Waals surface area contributed by atoms with Crippen molar-refractivity contribution in [3.63, 3.8) is 0 Å². The van der Waals surface area contributed by atoms with Crippen molar-refractivity contribution in [2.24, 2.45) is 0 Å². The van der Waals surface area contributed by atoms with E-state index in [0.29, 0.717) is 0 Å². The van der Waals surface area contributed by atoms with Crippen LogP contribution in [0.2, 0.25) is 0 Å². The van der Waals surface area contributed by atoms with Crippen molar-refractivity contribution in [2.75, 3.05) is 14.1 Å². The zero-order valence-corrected chi connectivity index (χ0v) is 10.5. The molecule has 0 aliphatic rings. The molecule has 4 heteroatoms. The van der Waals surface area contributed by atoms with Crippen LogP contribution in [-0.4, -0.2) is 31.8 Å². The van der Waals surface area contributed by atoms with Gasteiger partial charge in [0, 0.05) is 7.05 Å². The minimum atomic E-state index is -0.518. The zero-order valence-electron chi connectivity index (χ0n) is 10.5. The molecule has 0 aromatic rings. The molecule has 0 spiro atoms. The van der Waals surface area contributed by atoms with Crippen LogP contribution < -0.4 is 10.6 Å². The highest BCUT2D eigenvalue weighted by molar-refractivity contribution is 6.38. The fraction of sp³-hybridized carbons (Fsp3) is 0.818. The third-order valence-corrected chi connectivity index (χ3v) is 1.96. The Morgan fingerprint density at radius 3 is 2.07 bits per heavy atom. The van der Waals surface area contributed by atoms with Crippen molar-refractivity contribution in [1.82, 2.24) is 10.6 Å². The molecule has 2 N–H and O–H groups in total. The van der Waals surface area contributed by atoms with Crippen LogP contribution in [0, 0.1) is 0 Å². The highest BCUT2D eigenvalue weighted by atomic mass is 16.2. The van der Waals surface area contributed by atoms with E-state index in [1.165, 1.54) is 7.05 Å². The highest BCUT2D eigenvalue weighted by Crippen LogP contribution is 2.01. The third-order valence-electron chi connectivity index (χ3n) is 1.96. The van der Waals surface area contributed by atoms with Crippen molar-refractivity contribution in [2.45, 2.75) is 46.1 Å². The molecule has 0 rings (SSSR count). The Labute approximate surface area is 92.8 Å². The maximum atomic E-state index is 11.3. The summed E-state index contributed by atoms with van der Waals surface area (Å²) in [5, 5.41) is 5.17. The van der Waals surface area contributed by atoms with Crippen molar-refractivity contribution in [3.8, 4) is 0 Å². The van der Waals surface area contributed by atoms with Crippen molar-refractivity contribution < 1.29 is 9.59 Å². The average molecular weight is 216 g/mol. The SMILES string of the molecule is CC.CCCCC(NC)C(=O)C(=O)NC. The summed E-state index contributed by atoms with van der Waals surface area (Å²) in [7, 11) is 3.16. The molecule has 0 saturated carbocycles. The van der Waals surface area contributed by atoms with E-state index in [-0.39, 0.29) is 11.8 Å². The van der Waals surface area contributed by atoms with Gasteiger partial charge >= 0.3 is 0 Å². The Bertz CT molecular complexity index is 181. The van der Waals surface area contributed by atoms with Crippen LogP contribution in [0.25, 0.3) is 0 Å². The Balaban J connectivity index is 0. The van der Waals surface area contributed by atoms with Gasteiger partial charge in [0.2, 0.25) is 5.78 Å². The quantitative estimate of drug-likeness (QED) is 0.654. The smallest absolute Gasteiger partial charge is 0.288 e. The average Bonchev–Trinajstić information content (AvgIpc) is 2.31. The van der Waals surface area contributed by atoms with Gasteiger partial charge in [-0.25, -0.2) is 0 Å². The van der Waals surface area contributed by atoms with Gasteiger partial charge in [0.15, 0.2) is 0 Å². The first-order chi connectivity index (χ1) is 7.17. The molecule has 0 aromatic heterocycles. The summed E-state index contributed by atoms with van der Waals surface area (Å²) in [6.45, 7) is 6.05. The van der Waals surface area contributed by atoms with Gasteiger partial charge in [0.05, 0.1) is 6.04 Å². The summed E-state index contributed by atoms with van der Waals surface area (Å²) < 4.78 is 0. The normalized spacial score (nSPS) is 11.0. The highest BCUT2D eigenvalue weighted by Gasteiger charge is 2.21. The second-order valence-corrected chi connectivity index (χ2v) is 2.93. The first-order valence-corrected chi connectivity index (χ1v) is 5.60. The molecule has 1 unspecified atom stereocenters. The van der Waals surface area contributed by atoms with Crippen LogP contribution in [0.4, 0.5) is 0 Å². The second kappa shape index (κ2) is 11.2. The molecular weight excluding hydrogens is 192 g/mol. The van der Waals surface area contributed by atoms with Crippen LogP contribution in [0.1, 0.15) is 40.0 Å². The standard InChI is InChI=1S/C9H18N2O2.C2H6/c1-4-5-6-7(10-2)8(12)9(13)11-3;1-2/h7,10H,4-6H2,1-3H3,(H,11,13);1-2H3. The molecule has 0 aliphatic carbocycles. The first kappa shape index (κ1) is 16.5. The number of hydrogen-bond acceptors (Lipinski definition) is 3. The number of amides is 1. The second-order valence-electron chi connectivity index (χ2n) is 2.93. The number of rotatable bonds is 6. The predicted molar refractivity (Wildman–Crippen MR) is 62.8 cm³/mol. The Kier molecular flexibility index (Phi) is 12.3. The zero-order chi connectivity index (χ0) is 12.3. The van der Waals surface area contributed by atoms with E-state index < -0.39 is 5.91 Å². The van der Waals surface area contributed by atoms with Gasteiger partial charge in [-0.3, -0.25) is 9.59 Å². The summed E-state index contributed by atoms with van der Waals surface area (Å²) in [4.78, 5) is 22.3. The lowest BCUT2D eigenvalue weighted by molar-refractivity contribution is -0.138. The molecule has 4 nitrogen and oxygen atoms in total. The summed E-state index contributed by atoms with van der Waals surface area (Å²) in [5.74, 6) is -0.895. The molecular formula is C11H24N2O2. The molecule has 0 heterocycles. The molecule has 0 bridgehead atoms. The molecule has 0 radical (unpaired) electrons. The molecule has 0 fully saturated rings. The fourth-order valence-corrected chi connectivity index (χ4v) is 1.10. The maximum absolute atomic E-state index is 11.3. The van der Waals surface area contributed by atoms with Gasteiger partial charge in [-0.05, 0) is 13.5 Å². The fourth-order valence-electron chi connectivity index (χ4n) is 1.10. The van der Waals surface area contributed by atoms with Gasteiger partial charge < -0.3 is 10.6 Å². The van der Waals surface area contributed by atoms with Crippen molar-refractivity contribution in [3.05, 3.63) is 0 Å². The number of carbonyl (C=O) groups excluding carboxylic acids is 2. The molecule has 0 aromatic carbocycles. The van der Waals surface area contributed by atoms with E-state index in [1.807, 2.05) is 13.8 Å². The Morgan fingerprint density at radius 2 is 1.73 bits per heavy atom. The number of ketones is 1. The minimum absolute atomic E-state index is 0.333. The summed E-state index contributed by atoms with van der Waals surface area (Å²) in [6.07, 6.45) is 2.70. The maximum Gasteiger partial charge on any atom is 0.288 e. The van der Waals surface area contributed by atoms with Gasteiger partial charge in [0.25, 0.3) is 5.91 Å². The van der Waals surface area contributed by atoms with Gasteiger partial charge in [0.1, 0.15) is 0 Å². The number of likely N-dealkylation sites (N-methyl/N-ethyl adjacent to an activating group) is 2. The van der Waals surface area contributed by atoms with Crippen LogP contribution in [0.3, 0.4) is 0 Å². The Hall–Kier alpha value is -0.900. The number of unbranched alkanes of at least 4 members (excludes halogenated alkanes) is 1. The topological polar surface area (TPSA) is 58.2 Å². The van der Waals surface area contributed by atoms with E-state index in [4.69, 9.17) is 0 Å². The summed E-state index contributed by atoms with van der Waals surface area (Å²) in [6, 6.07) is -0.333. The lowest BCUT2D eigenvalue weighted by atomic mass is 10.1.